The van der Waals surface area contributed by atoms with E-state index in [1.54, 1.807) is 13.3 Å². The van der Waals surface area contributed by atoms with Gasteiger partial charge in [0, 0.05) is 43.3 Å². The normalized spacial score (nSPS) is 18.9. The zero-order valence-electron chi connectivity index (χ0n) is 11.7. The lowest BCUT2D eigenvalue weighted by atomic mass is 10.1. The van der Waals surface area contributed by atoms with Gasteiger partial charge in [-0.3, -0.25) is 0 Å². The van der Waals surface area contributed by atoms with Crippen molar-refractivity contribution in [2.24, 2.45) is 5.92 Å². The maximum Gasteiger partial charge on any atom is 0.136 e. The van der Waals surface area contributed by atoms with E-state index in [0.29, 0.717) is 5.92 Å². The lowest BCUT2D eigenvalue weighted by molar-refractivity contribution is 0.161. The summed E-state index contributed by atoms with van der Waals surface area (Å²) in [6.45, 7) is 2.84. The highest BCUT2D eigenvalue weighted by molar-refractivity contribution is 5.94. The van der Waals surface area contributed by atoms with Crippen LogP contribution in [0.1, 0.15) is 12.0 Å². The molecule has 0 bridgehead atoms. The van der Waals surface area contributed by atoms with Crippen LogP contribution in [0.15, 0.2) is 30.5 Å². The Bertz CT molecular complexity index is 600. The van der Waals surface area contributed by atoms with Crippen molar-refractivity contribution in [3.8, 4) is 0 Å². The van der Waals surface area contributed by atoms with Crippen molar-refractivity contribution >= 4 is 16.6 Å². The second-order valence-corrected chi connectivity index (χ2v) is 5.37. The van der Waals surface area contributed by atoms with Crippen LogP contribution < -0.4 is 4.90 Å². The van der Waals surface area contributed by atoms with Crippen LogP contribution >= 0.6 is 0 Å². The molecular formula is C16H20N2O2. The summed E-state index contributed by atoms with van der Waals surface area (Å²) < 4.78 is 5.25. The highest BCUT2D eigenvalue weighted by atomic mass is 16.5. The molecule has 0 amide bonds. The van der Waals surface area contributed by atoms with Gasteiger partial charge in [0.05, 0.1) is 13.2 Å². The molecule has 1 aromatic heterocycles. The van der Waals surface area contributed by atoms with E-state index in [9.17, 15) is 5.11 Å². The molecule has 20 heavy (non-hydrogen) atoms. The van der Waals surface area contributed by atoms with E-state index in [0.717, 1.165) is 48.3 Å². The lowest BCUT2D eigenvalue weighted by Crippen LogP contribution is -2.22. The number of nitrogens with zero attached hydrogens (tertiary/aromatic N) is 2. The zero-order valence-corrected chi connectivity index (χ0v) is 11.7. The molecule has 1 atom stereocenters. The number of anilines is 1. The summed E-state index contributed by atoms with van der Waals surface area (Å²) in [4.78, 5) is 6.91. The molecule has 0 saturated carbocycles. The molecule has 2 heterocycles. The summed E-state index contributed by atoms with van der Waals surface area (Å²) in [5.74, 6) is 1.61. The topological polar surface area (TPSA) is 45.6 Å². The maximum atomic E-state index is 9.43. The van der Waals surface area contributed by atoms with Gasteiger partial charge in [-0.15, -0.1) is 0 Å². The summed E-state index contributed by atoms with van der Waals surface area (Å²) in [6, 6.07) is 8.16. The third-order valence-corrected chi connectivity index (χ3v) is 4.01. The first-order chi connectivity index (χ1) is 9.83. The predicted molar refractivity (Wildman–Crippen MR) is 79.9 cm³/mol. The molecule has 3 rings (SSSR count). The van der Waals surface area contributed by atoms with Crippen molar-refractivity contribution in [1.29, 1.82) is 0 Å². The Morgan fingerprint density at radius 3 is 2.90 bits per heavy atom. The van der Waals surface area contributed by atoms with E-state index >= 15 is 0 Å². The van der Waals surface area contributed by atoms with E-state index in [-0.39, 0.29) is 6.61 Å². The van der Waals surface area contributed by atoms with Gasteiger partial charge in [0.25, 0.3) is 0 Å². The van der Waals surface area contributed by atoms with Crippen molar-refractivity contribution in [2.45, 2.75) is 13.0 Å². The average molecular weight is 272 g/mol. The number of aliphatic hydroxyl groups excluding tert-OH is 1. The summed E-state index contributed by atoms with van der Waals surface area (Å²) in [6.07, 6.45) is 2.94. The van der Waals surface area contributed by atoms with Crippen molar-refractivity contribution in [3.05, 3.63) is 36.0 Å². The van der Waals surface area contributed by atoms with Crippen molar-refractivity contribution in [1.82, 2.24) is 4.98 Å². The number of methoxy groups -OCH3 is 1. The molecule has 0 aliphatic carbocycles. The van der Waals surface area contributed by atoms with Gasteiger partial charge in [-0.1, -0.05) is 24.3 Å². The number of benzene rings is 1. The molecule has 0 radical (unpaired) electrons. The summed E-state index contributed by atoms with van der Waals surface area (Å²) in [5, 5.41) is 11.6. The molecule has 2 aromatic rings. The van der Waals surface area contributed by atoms with Crippen molar-refractivity contribution in [3.63, 3.8) is 0 Å². The van der Waals surface area contributed by atoms with Crippen molar-refractivity contribution < 1.29 is 9.84 Å². The molecule has 4 heteroatoms. The Hall–Kier alpha value is -1.65. The second kappa shape index (κ2) is 5.77. The fourth-order valence-electron chi connectivity index (χ4n) is 3.01. The van der Waals surface area contributed by atoms with Crippen LogP contribution in [0.3, 0.4) is 0 Å². The smallest absolute Gasteiger partial charge is 0.136 e. The van der Waals surface area contributed by atoms with Gasteiger partial charge in [0.15, 0.2) is 0 Å². The first kappa shape index (κ1) is 13.3. The highest BCUT2D eigenvalue weighted by Gasteiger charge is 2.24. The number of hydrogen-bond donors (Lipinski definition) is 1. The Labute approximate surface area is 119 Å². The van der Waals surface area contributed by atoms with Crippen LogP contribution in [0.25, 0.3) is 10.8 Å². The summed E-state index contributed by atoms with van der Waals surface area (Å²) in [5.41, 5.74) is 0.886. The van der Waals surface area contributed by atoms with Gasteiger partial charge in [-0.2, -0.15) is 0 Å². The van der Waals surface area contributed by atoms with Crippen LogP contribution in [-0.4, -0.2) is 36.9 Å². The summed E-state index contributed by atoms with van der Waals surface area (Å²) in [7, 11) is 1.76. The van der Waals surface area contributed by atoms with Crippen LogP contribution in [0.5, 0.6) is 0 Å². The number of pyridine rings is 1. The van der Waals surface area contributed by atoms with Gasteiger partial charge in [-0.25, -0.2) is 4.98 Å². The molecule has 1 aromatic carbocycles. The Kier molecular flexibility index (Phi) is 3.85. The Morgan fingerprint density at radius 2 is 2.15 bits per heavy atom. The maximum absolute atomic E-state index is 9.43. The largest absolute Gasteiger partial charge is 0.392 e. The zero-order chi connectivity index (χ0) is 13.9. The van der Waals surface area contributed by atoms with E-state index in [2.05, 4.69) is 22.0 Å². The van der Waals surface area contributed by atoms with Gasteiger partial charge in [-0.05, 0) is 11.8 Å². The highest BCUT2D eigenvalue weighted by Crippen LogP contribution is 2.30. The number of ether oxygens (including phenoxy) is 1. The molecule has 1 unspecified atom stereocenters. The lowest BCUT2D eigenvalue weighted by Gasteiger charge is -2.20. The second-order valence-electron chi connectivity index (χ2n) is 5.37. The molecular weight excluding hydrogens is 252 g/mol. The third kappa shape index (κ3) is 2.37. The minimum atomic E-state index is 0.0279. The Morgan fingerprint density at radius 1 is 1.35 bits per heavy atom. The first-order valence-corrected chi connectivity index (χ1v) is 7.05. The van der Waals surface area contributed by atoms with Crippen LogP contribution in [0, 0.1) is 5.92 Å². The van der Waals surface area contributed by atoms with E-state index in [1.807, 2.05) is 12.1 Å². The van der Waals surface area contributed by atoms with Gasteiger partial charge in [0.1, 0.15) is 5.82 Å². The van der Waals surface area contributed by atoms with E-state index in [4.69, 9.17) is 4.74 Å². The predicted octanol–water partition coefficient (Wildman–Crippen LogP) is 2.20. The van der Waals surface area contributed by atoms with Gasteiger partial charge in [0.2, 0.25) is 0 Å². The molecule has 106 valence electrons. The number of fused-ring (bicyclic) bond motifs is 1. The quantitative estimate of drug-likeness (QED) is 0.927. The van der Waals surface area contributed by atoms with Crippen LogP contribution in [0.2, 0.25) is 0 Å². The van der Waals surface area contributed by atoms with Gasteiger partial charge < -0.3 is 14.7 Å². The molecule has 1 saturated heterocycles. The average Bonchev–Trinajstić information content (AvgIpc) is 2.95. The molecule has 4 nitrogen and oxygen atoms in total. The monoisotopic (exact) mass is 272 g/mol. The number of aromatic nitrogens is 1. The fraction of sp³-hybridized carbons (Fsp3) is 0.438. The van der Waals surface area contributed by atoms with E-state index < -0.39 is 0 Å². The number of aliphatic hydroxyl groups is 1. The Balaban J connectivity index is 1.97. The van der Waals surface area contributed by atoms with Crippen LogP contribution in [0.4, 0.5) is 5.82 Å². The molecule has 0 spiro atoms. The van der Waals surface area contributed by atoms with Crippen LogP contribution in [-0.2, 0) is 11.3 Å². The fourth-order valence-corrected chi connectivity index (χ4v) is 3.01. The van der Waals surface area contributed by atoms with Gasteiger partial charge >= 0.3 is 0 Å². The minimum absolute atomic E-state index is 0.0279. The molecule has 1 N–H and O–H groups in total. The first-order valence-electron chi connectivity index (χ1n) is 7.05. The summed E-state index contributed by atoms with van der Waals surface area (Å²) >= 11 is 0. The SMILES string of the molecule is COCC1CCN(c2ncc(CO)c3ccccc23)C1. The standard InChI is InChI=1S/C16H20N2O2/c1-20-11-12-6-7-18(9-12)16-15-5-3-2-4-14(15)13(10-19)8-17-16/h2-5,8,12,19H,6-7,9-11H2,1H3. The molecule has 1 fully saturated rings. The molecule has 1 aliphatic rings. The number of rotatable bonds is 4. The molecule has 1 aliphatic heterocycles. The van der Waals surface area contributed by atoms with E-state index in [1.165, 1.54) is 0 Å². The minimum Gasteiger partial charge on any atom is -0.392 e. The number of hydrogen-bond acceptors (Lipinski definition) is 4. The van der Waals surface area contributed by atoms with Crippen molar-refractivity contribution in [2.75, 3.05) is 31.7 Å². The third-order valence-electron chi connectivity index (χ3n) is 4.01.